The number of para-hydroxylation sites is 1. The molecule has 3 N–H and O–H groups in total. The van der Waals surface area contributed by atoms with E-state index in [1.54, 1.807) is 6.92 Å². The Balaban J connectivity index is 1.69. The van der Waals surface area contributed by atoms with Crippen LogP contribution in [0.15, 0.2) is 65.9 Å². The lowest BCUT2D eigenvalue weighted by atomic mass is 9.57. The Morgan fingerprint density at radius 2 is 1.94 bits per heavy atom. The summed E-state index contributed by atoms with van der Waals surface area (Å²) in [5.74, 6) is -0.348. The highest BCUT2D eigenvalue weighted by molar-refractivity contribution is 5.92. The molecule has 3 aliphatic rings. The number of ether oxygens (including phenoxy) is 1. The molecule has 0 unspecified atom stereocenters. The smallest absolute Gasteiger partial charge is 0.335 e. The average Bonchev–Trinajstić information content (AvgIpc) is 3.17. The SMILES string of the molecule is COC(=O)C1=C2Nc3ccccc3[C@]23CCCN(Cc2ccccc2)[C@@H]3[C@@H](C[C@](C)(O)CO)C1. The molecule has 6 nitrogen and oxygen atoms in total. The number of anilines is 1. The van der Waals surface area contributed by atoms with E-state index in [0.717, 1.165) is 37.3 Å². The van der Waals surface area contributed by atoms with E-state index in [0.29, 0.717) is 18.4 Å². The fourth-order valence-corrected chi connectivity index (χ4v) is 6.73. The first-order chi connectivity index (χ1) is 16.4. The fraction of sp³-hybridized carbons (Fsp3) is 0.464. The van der Waals surface area contributed by atoms with Crippen LogP contribution in [0.3, 0.4) is 0 Å². The van der Waals surface area contributed by atoms with Crippen LogP contribution in [0.4, 0.5) is 5.69 Å². The average molecular weight is 463 g/mol. The Labute approximate surface area is 201 Å². The minimum absolute atomic E-state index is 0.0306. The zero-order valence-electron chi connectivity index (χ0n) is 20.0. The van der Waals surface area contributed by atoms with Gasteiger partial charge in [-0.15, -0.1) is 0 Å². The van der Waals surface area contributed by atoms with Gasteiger partial charge in [-0.2, -0.15) is 0 Å². The van der Waals surface area contributed by atoms with Gasteiger partial charge in [0, 0.05) is 24.0 Å². The molecule has 2 aliphatic heterocycles. The second-order valence-electron chi connectivity index (χ2n) is 10.3. The van der Waals surface area contributed by atoms with Crippen LogP contribution < -0.4 is 5.32 Å². The van der Waals surface area contributed by atoms with Gasteiger partial charge in [0.05, 0.1) is 30.3 Å². The molecule has 5 rings (SSSR count). The lowest BCUT2D eigenvalue weighted by Gasteiger charge is -2.55. The molecule has 0 radical (unpaired) electrons. The van der Waals surface area contributed by atoms with Crippen molar-refractivity contribution < 1.29 is 19.7 Å². The summed E-state index contributed by atoms with van der Waals surface area (Å²) in [6.07, 6.45) is 2.81. The predicted molar refractivity (Wildman–Crippen MR) is 131 cm³/mol. The maximum atomic E-state index is 13.0. The molecule has 1 aliphatic carbocycles. The first kappa shape index (κ1) is 23.1. The van der Waals surface area contributed by atoms with E-state index >= 15 is 0 Å². The number of nitrogens with zero attached hydrogens (tertiary/aromatic N) is 1. The number of aliphatic hydroxyl groups excluding tert-OH is 1. The van der Waals surface area contributed by atoms with E-state index in [1.165, 1.54) is 18.2 Å². The van der Waals surface area contributed by atoms with Crippen molar-refractivity contribution in [3.8, 4) is 0 Å². The number of benzene rings is 2. The van der Waals surface area contributed by atoms with Crippen molar-refractivity contribution >= 4 is 11.7 Å². The third-order valence-corrected chi connectivity index (χ3v) is 7.95. The van der Waals surface area contributed by atoms with E-state index in [4.69, 9.17) is 4.74 Å². The molecule has 2 aromatic carbocycles. The Kier molecular flexibility index (Phi) is 6.00. The molecule has 0 amide bonds. The maximum absolute atomic E-state index is 13.0. The first-order valence-electron chi connectivity index (χ1n) is 12.2. The van der Waals surface area contributed by atoms with Gasteiger partial charge in [0.1, 0.15) is 0 Å². The molecular weight excluding hydrogens is 428 g/mol. The maximum Gasteiger partial charge on any atom is 0.335 e. The molecule has 1 fully saturated rings. The fourth-order valence-electron chi connectivity index (χ4n) is 6.73. The number of carbonyl (C=O) groups is 1. The van der Waals surface area contributed by atoms with Crippen LogP contribution in [0.25, 0.3) is 0 Å². The predicted octanol–water partition coefficient (Wildman–Crippen LogP) is 3.59. The number of carbonyl (C=O) groups excluding carboxylic acids is 1. The van der Waals surface area contributed by atoms with Gasteiger partial charge in [-0.1, -0.05) is 48.5 Å². The summed E-state index contributed by atoms with van der Waals surface area (Å²) >= 11 is 0. The third kappa shape index (κ3) is 3.74. The van der Waals surface area contributed by atoms with E-state index in [9.17, 15) is 15.0 Å². The zero-order valence-corrected chi connectivity index (χ0v) is 20.0. The van der Waals surface area contributed by atoms with Crippen LogP contribution in [0, 0.1) is 5.92 Å². The van der Waals surface area contributed by atoms with Crippen LogP contribution in [0.2, 0.25) is 0 Å². The summed E-state index contributed by atoms with van der Waals surface area (Å²) in [6, 6.07) is 18.9. The summed E-state index contributed by atoms with van der Waals surface area (Å²) in [7, 11) is 1.43. The molecule has 34 heavy (non-hydrogen) atoms. The van der Waals surface area contributed by atoms with Gasteiger partial charge in [0.15, 0.2) is 0 Å². The van der Waals surface area contributed by atoms with Gasteiger partial charge in [-0.05, 0) is 62.3 Å². The number of esters is 1. The Bertz CT molecular complexity index is 1100. The molecule has 6 heteroatoms. The number of likely N-dealkylation sites (tertiary alicyclic amines) is 1. The second kappa shape index (κ2) is 8.84. The molecule has 0 bridgehead atoms. The largest absolute Gasteiger partial charge is 0.466 e. The summed E-state index contributed by atoms with van der Waals surface area (Å²) in [5, 5.41) is 24.5. The number of methoxy groups -OCH3 is 1. The van der Waals surface area contributed by atoms with Crippen LogP contribution in [-0.4, -0.2) is 53.0 Å². The summed E-state index contributed by atoms with van der Waals surface area (Å²) in [6.45, 7) is 3.11. The van der Waals surface area contributed by atoms with Gasteiger partial charge in [-0.25, -0.2) is 4.79 Å². The Hall–Kier alpha value is -2.67. The first-order valence-corrected chi connectivity index (χ1v) is 12.2. The molecule has 0 aromatic heterocycles. The van der Waals surface area contributed by atoms with Gasteiger partial charge >= 0.3 is 5.97 Å². The lowest BCUT2D eigenvalue weighted by Crippen LogP contribution is -2.61. The highest BCUT2D eigenvalue weighted by Gasteiger charge is 2.59. The number of hydrogen-bond acceptors (Lipinski definition) is 6. The highest BCUT2D eigenvalue weighted by atomic mass is 16.5. The molecule has 4 atom stereocenters. The van der Waals surface area contributed by atoms with E-state index in [1.807, 2.05) is 12.1 Å². The van der Waals surface area contributed by atoms with Gasteiger partial charge in [0.25, 0.3) is 0 Å². The highest BCUT2D eigenvalue weighted by Crippen LogP contribution is 2.59. The number of piperidine rings is 1. The number of rotatable bonds is 6. The minimum atomic E-state index is -1.23. The van der Waals surface area contributed by atoms with Crippen molar-refractivity contribution in [2.24, 2.45) is 5.92 Å². The van der Waals surface area contributed by atoms with Gasteiger partial charge in [-0.3, -0.25) is 4.90 Å². The lowest BCUT2D eigenvalue weighted by molar-refractivity contribution is -0.137. The summed E-state index contributed by atoms with van der Waals surface area (Å²) < 4.78 is 5.24. The molecule has 0 saturated carbocycles. The molecule has 180 valence electrons. The number of aliphatic hydroxyl groups is 2. The van der Waals surface area contributed by atoms with E-state index in [2.05, 4.69) is 52.7 Å². The van der Waals surface area contributed by atoms with E-state index < -0.39 is 5.60 Å². The van der Waals surface area contributed by atoms with Crippen LogP contribution in [0.1, 0.15) is 43.7 Å². The second-order valence-corrected chi connectivity index (χ2v) is 10.3. The van der Waals surface area contributed by atoms with Crippen molar-refractivity contribution in [1.29, 1.82) is 0 Å². The molecule has 1 saturated heterocycles. The Morgan fingerprint density at radius 3 is 2.68 bits per heavy atom. The monoisotopic (exact) mass is 462 g/mol. The van der Waals surface area contributed by atoms with Crippen molar-refractivity contribution in [2.45, 2.75) is 56.2 Å². The molecule has 1 spiro atoms. The van der Waals surface area contributed by atoms with E-state index in [-0.39, 0.29) is 30.0 Å². The normalized spacial score (nSPS) is 27.8. The Morgan fingerprint density at radius 1 is 1.21 bits per heavy atom. The number of nitrogens with one attached hydrogen (secondary N) is 1. The van der Waals surface area contributed by atoms with Gasteiger partial charge < -0.3 is 20.3 Å². The van der Waals surface area contributed by atoms with Crippen molar-refractivity contribution in [3.63, 3.8) is 0 Å². The van der Waals surface area contributed by atoms with Crippen molar-refractivity contribution in [1.82, 2.24) is 4.90 Å². The van der Waals surface area contributed by atoms with Crippen molar-refractivity contribution in [3.05, 3.63) is 77.0 Å². The standard InChI is InChI=1S/C28H34N2O4/c1-27(33,18-31)16-20-15-21(26(32)34-2)24-28(22-11-6-7-12-23(22)29-24)13-8-14-30(25(20)28)17-19-9-4-3-5-10-19/h3-7,9-12,20,25,29,31,33H,8,13-18H2,1-2H3/t20-,25-,27+,28-/m1/s1. The summed E-state index contributed by atoms with van der Waals surface area (Å²) in [4.78, 5) is 15.6. The van der Waals surface area contributed by atoms with Crippen molar-refractivity contribution in [2.75, 3.05) is 25.6 Å². The van der Waals surface area contributed by atoms with Crippen LogP contribution >= 0.6 is 0 Å². The van der Waals surface area contributed by atoms with Gasteiger partial charge in [0.2, 0.25) is 0 Å². The van der Waals surface area contributed by atoms with Crippen LogP contribution in [0.5, 0.6) is 0 Å². The van der Waals surface area contributed by atoms with Crippen LogP contribution in [-0.2, 0) is 21.5 Å². The topological polar surface area (TPSA) is 82.0 Å². The quantitative estimate of drug-likeness (QED) is 0.569. The number of hydrogen-bond donors (Lipinski definition) is 3. The molecule has 2 aromatic rings. The number of fused-ring (bicyclic) bond motifs is 1. The minimum Gasteiger partial charge on any atom is -0.466 e. The molecule has 2 heterocycles. The summed E-state index contributed by atoms with van der Waals surface area (Å²) in [5.41, 5.74) is 3.50. The zero-order chi connectivity index (χ0) is 23.9. The molecular formula is C28H34N2O4. The third-order valence-electron chi connectivity index (χ3n) is 7.95.